The van der Waals surface area contributed by atoms with Crippen molar-refractivity contribution in [1.29, 1.82) is 5.41 Å². The molecular formula is C13H18F3N3. The van der Waals surface area contributed by atoms with Gasteiger partial charge in [-0.25, -0.2) is 0 Å². The Morgan fingerprint density at radius 2 is 2.00 bits per heavy atom. The van der Waals surface area contributed by atoms with Gasteiger partial charge >= 0.3 is 6.18 Å². The lowest BCUT2D eigenvalue weighted by Crippen LogP contribution is -2.35. The maximum Gasteiger partial charge on any atom is 0.405 e. The number of nitrogens with two attached hydrogens (primary N) is 1. The number of benzene rings is 1. The topological polar surface area (TPSA) is 53.1 Å². The van der Waals surface area contributed by atoms with Gasteiger partial charge in [0.15, 0.2) is 0 Å². The van der Waals surface area contributed by atoms with E-state index in [0.717, 1.165) is 0 Å². The Bertz CT molecular complexity index is 455. The van der Waals surface area contributed by atoms with Crippen LogP contribution in [-0.2, 0) is 0 Å². The Hall–Kier alpha value is -1.72. The highest BCUT2D eigenvalue weighted by Crippen LogP contribution is 2.26. The fourth-order valence-corrected chi connectivity index (χ4v) is 1.95. The second kappa shape index (κ2) is 5.95. The number of alkyl halides is 3. The van der Waals surface area contributed by atoms with Crippen molar-refractivity contribution in [2.24, 2.45) is 5.73 Å². The quantitative estimate of drug-likeness (QED) is 0.640. The molecule has 1 aromatic carbocycles. The van der Waals surface area contributed by atoms with Crippen LogP contribution >= 0.6 is 0 Å². The first-order valence-electron chi connectivity index (χ1n) is 6.01. The molecule has 0 heterocycles. The van der Waals surface area contributed by atoms with E-state index in [-0.39, 0.29) is 5.84 Å². The third kappa shape index (κ3) is 4.46. The van der Waals surface area contributed by atoms with Gasteiger partial charge in [0.25, 0.3) is 0 Å². The summed E-state index contributed by atoms with van der Waals surface area (Å²) < 4.78 is 37.7. The molecule has 0 aliphatic carbocycles. The fourth-order valence-electron chi connectivity index (χ4n) is 1.95. The maximum absolute atomic E-state index is 12.6. The Kier molecular flexibility index (Phi) is 4.80. The minimum Gasteiger partial charge on any atom is -0.384 e. The highest BCUT2D eigenvalue weighted by Gasteiger charge is 2.31. The second-order valence-corrected chi connectivity index (χ2v) is 4.45. The molecule has 0 atom stereocenters. The number of anilines is 1. The first kappa shape index (κ1) is 15.3. The van der Waals surface area contributed by atoms with Crippen molar-refractivity contribution in [3.05, 3.63) is 29.3 Å². The average Bonchev–Trinajstić information content (AvgIpc) is 2.26. The number of amidine groups is 1. The Morgan fingerprint density at radius 3 is 2.42 bits per heavy atom. The third-order valence-corrected chi connectivity index (χ3v) is 2.71. The van der Waals surface area contributed by atoms with E-state index in [1.54, 1.807) is 25.1 Å². The lowest BCUT2D eigenvalue weighted by Gasteiger charge is -2.27. The minimum atomic E-state index is -4.24. The Morgan fingerprint density at radius 1 is 1.37 bits per heavy atom. The van der Waals surface area contributed by atoms with E-state index in [1.807, 2.05) is 6.92 Å². The van der Waals surface area contributed by atoms with Gasteiger partial charge in [0.1, 0.15) is 12.4 Å². The summed E-state index contributed by atoms with van der Waals surface area (Å²) in [5, 5.41) is 7.32. The smallest absolute Gasteiger partial charge is 0.384 e. The molecule has 0 bridgehead atoms. The predicted molar refractivity (Wildman–Crippen MR) is 70.8 cm³/mol. The predicted octanol–water partition coefficient (Wildman–Crippen LogP) is 3.06. The van der Waals surface area contributed by atoms with Crippen LogP contribution in [-0.4, -0.2) is 25.1 Å². The van der Waals surface area contributed by atoms with Gasteiger partial charge in [0.05, 0.1) is 0 Å². The molecule has 0 aliphatic rings. The van der Waals surface area contributed by atoms with Gasteiger partial charge in [-0.2, -0.15) is 13.2 Å². The molecular weight excluding hydrogens is 255 g/mol. The molecule has 0 unspecified atom stereocenters. The van der Waals surface area contributed by atoms with Crippen molar-refractivity contribution in [3.63, 3.8) is 0 Å². The van der Waals surface area contributed by atoms with E-state index < -0.39 is 12.7 Å². The summed E-state index contributed by atoms with van der Waals surface area (Å²) in [4.78, 5) is 1.30. The van der Waals surface area contributed by atoms with E-state index >= 15 is 0 Å². The summed E-state index contributed by atoms with van der Waals surface area (Å²) in [5.74, 6) is -0.0903. The van der Waals surface area contributed by atoms with Gasteiger partial charge in [0.2, 0.25) is 0 Å². The van der Waals surface area contributed by atoms with Crippen molar-refractivity contribution in [1.82, 2.24) is 0 Å². The first-order chi connectivity index (χ1) is 8.74. The van der Waals surface area contributed by atoms with Crippen molar-refractivity contribution in [2.75, 3.05) is 18.0 Å². The number of nitrogens with one attached hydrogen (secondary N) is 1. The van der Waals surface area contributed by atoms with Gasteiger partial charge < -0.3 is 10.6 Å². The fraction of sp³-hybridized carbons (Fsp3) is 0.462. The molecule has 1 rings (SSSR count). The number of aryl methyl sites for hydroxylation is 1. The Balaban J connectivity index is 3.06. The lowest BCUT2D eigenvalue weighted by molar-refractivity contribution is -0.119. The van der Waals surface area contributed by atoms with Gasteiger partial charge in [-0.15, -0.1) is 0 Å². The molecule has 0 amide bonds. The van der Waals surface area contributed by atoms with Crippen LogP contribution in [0.3, 0.4) is 0 Å². The van der Waals surface area contributed by atoms with Crippen molar-refractivity contribution in [2.45, 2.75) is 26.4 Å². The molecule has 0 fully saturated rings. The molecule has 19 heavy (non-hydrogen) atoms. The molecule has 3 nitrogen and oxygen atoms in total. The van der Waals surface area contributed by atoms with Crippen molar-refractivity contribution >= 4 is 11.5 Å². The van der Waals surface area contributed by atoms with Crippen LogP contribution in [0.15, 0.2) is 18.2 Å². The number of nitrogen functional groups attached to an aromatic ring is 1. The van der Waals surface area contributed by atoms with Crippen LogP contribution in [0.2, 0.25) is 0 Å². The minimum absolute atomic E-state index is 0.0903. The molecule has 0 saturated heterocycles. The largest absolute Gasteiger partial charge is 0.405 e. The normalized spacial score (nSPS) is 11.4. The van der Waals surface area contributed by atoms with E-state index in [4.69, 9.17) is 11.1 Å². The monoisotopic (exact) mass is 273 g/mol. The summed E-state index contributed by atoms with van der Waals surface area (Å²) in [7, 11) is 0. The highest BCUT2D eigenvalue weighted by atomic mass is 19.4. The van der Waals surface area contributed by atoms with Crippen molar-refractivity contribution < 1.29 is 13.2 Å². The highest BCUT2D eigenvalue weighted by molar-refractivity contribution is 5.95. The van der Waals surface area contributed by atoms with Crippen LogP contribution in [0, 0.1) is 12.3 Å². The van der Waals surface area contributed by atoms with E-state index in [1.165, 1.54) is 4.90 Å². The molecule has 6 heteroatoms. The Labute approximate surface area is 110 Å². The third-order valence-electron chi connectivity index (χ3n) is 2.71. The standard InChI is InChI=1S/C13H18F3N3/c1-3-6-19(8-13(14,15)16)11-5-4-10(12(17)18)7-9(11)2/h4-5,7H,3,6,8H2,1-2H3,(H3,17,18). The molecule has 0 spiro atoms. The summed E-state index contributed by atoms with van der Waals surface area (Å²) in [6.45, 7) is 2.92. The zero-order valence-corrected chi connectivity index (χ0v) is 11.0. The van der Waals surface area contributed by atoms with Crippen molar-refractivity contribution in [3.8, 4) is 0 Å². The first-order valence-corrected chi connectivity index (χ1v) is 6.01. The van der Waals surface area contributed by atoms with Crippen LogP contribution in [0.1, 0.15) is 24.5 Å². The zero-order valence-electron chi connectivity index (χ0n) is 11.0. The number of nitrogens with zero attached hydrogens (tertiary/aromatic N) is 1. The summed E-state index contributed by atoms with van der Waals surface area (Å²) in [6, 6.07) is 4.80. The molecule has 3 N–H and O–H groups in total. The number of hydrogen-bond donors (Lipinski definition) is 2. The zero-order chi connectivity index (χ0) is 14.6. The van der Waals surface area contributed by atoms with Gasteiger partial charge in [0, 0.05) is 17.8 Å². The number of rotatable bonds is 5. The number of hydrogen-bond acceptors (Lipinski definition) is 2. The summed E-state index contributed by atoms with van der Waals surface area (Å²) >= 11 is 0. The van der Waals surface area contributed by atoms with Gasteiger partial charge in [-0.05, 0) is 37.1 Å². The van der Waals surface area contributed by atoms with Gasteiger partial charge in [-0.1, -0.05) is 6.92 Å². The molecule has 0 saturated carbocycles. The molecule has 1 aromatic rings. The van der Waals surface area contributed by atoms with E-state index in [0.29, 0.717) is 29.8 Å². The van der Waals surface area contributed by atoms with Crippen LogP contribution in [0.4, 0.5) is 18.9 Å². The van der Waals surface area contributed by atoms with Gasteiger partial charge in [-0.3, -0.25) is 5.41 Å². The second-order valence-electron chi connectivity index (χ2n) is 4.45. The molecule has 0 radical (unpaired) electrons. The molecule has 106 valence electrons. The van der Waals surface area contributed by atoms with Crippen LogP contribution < -0.4 is 10.6 Å². The van der Waals surface area contributed by atoms with Crippen LogP contribution in [0.25, 0.3) is 0 Å². The SMILES string of the molecule is CCCN(CC(F)(F)F)c1ccc(C(=N)N)cc1C. The van der Waals surface area contributed by atoms with E-state index in [9.17, 15) is 13.2 Å². The van der Waals surface area contributed by atoms with Crippen LogP contribution in [0.5, 0.6) is 0 Å². The molecule has 0 aromatic heterocycles. The maximum atomic E-state index is 12.6. The lowest BCUT2D eigenvalue weighted by atomic mass is 10.1. The average molecular weight is 273 g/mol. The number of halogens is 3. The molecule has 0 aliphatic heterocycles. The summed E-state index contributed by atoms with van der Waals surface area (Å²) in [5.41, 5.74) is 7.09. The van der Waals surface area contributed by atoms with E-state index in [2.05, 4.69) is 0 Å². The summed E-state index contributed by atoms with van der Waals surface area (Å²) in [6.07, 6.45) is -3.61.